The Labute approximate surface area is 112 Å². The van der Waals surface area contributed by atoms with E-state index in [-0.39, 0.29) is 6.61 Å². The molecule has 0 aliphatic carbocycles. The normalized spacial score (nSPS) is 10.8. The van der Waals surface area contributed by atoms with E-state index in [9.17, 15) is 4.39 Å². The largest absolute Gasteiger partial charge is 0.493 e. The van der Waals surface area contributed by atoms with Crippen LogP contribution in [-0.4, -0.2) is 26.4 Å². The van der Waals surface area contributed by atoms with E-state index in [0.29, 0.717) is 29.1 Å². The molecule has 0 radical (unpaired) electrons. The molecule has 0 aliphatic heterocycles. The lowest BCUT2D eigenvalue weighted by Crippen LogP contribution is -2.22. The summed E-state index contributed by atoms with van der Waals surface area (Å²) in [4.78, 5) is 0. The van der Waals surface area contributed by atoms with Crippen LogP contribution in [0.4, 0.5) is 4.39 Å². The Morgan fingerprint density at radius 3 is 2.67 bits per heavy atom. The fourth-order valence-corrected chi connectivity index (χ4v) is 1.75. The molecule has 1 aromatic rings. The predicted molar refractivity (Wildman–Crippen MR) is 71.4 cm³/mol. The molecule has 1 N–H and O–H groups in total. The van der Waals surface area contributed by atoms with E-state index in [1.54, 1.807) is 12.1 Å². The Bertz CT molecular complexity index is 385. The van der Waals surface area contributed by atoms with Crippen LogP contribution in [0, 0.1) is 0 Å². The van der Waals surface area contributed by atoms with Crippen LogP contribution in [0.3, 0.4) is 0 Å². The maximum Gasteiger partial charge on any atom is 0.165 e. The van der Waals surface area contributed by atoms with Gasteiger partial charge in [-0.05, 0) is 6.07 Å². The topological polar surface area (TPSA) is 30.5 Å². The van der Waals surface area contributed by atoms with Crippen LogP contribution in [0.25, 0.3) is 0 Å². The molecule has 0 amide bonds. The first-order valence-corrected chi connectivity index (χ1v) is 6.24. The summed E-state index contributed by atoms with van der Waals surface area (Å²) in [5.74, 6) is 1.07. The van der Waals surface area contributed by atoms with Gasteiger partial charge in [-0.25, -0.2) is 4.39 Å². The highest BCUT2D eigenvalue weighted by molar-refractivity contribution is 6.30. The molecular formula is C13H19ClFNO2. The molecule has 102 valence electrons. The Balaban J connectivity index is 2.98. The fourth-order valence-electron chi connectivity index (χ4n) is 1.52. The van der Waals surface area contributed by atoms with Crippen LogP contribution < -0.4 is 14.8 Å². The van der Waals surface area contributed by atoms with Gasteiger partial charge in [0, 0.05) is 29.2 Å². The van der Waals surface area contributed by atoms with Crippen LogP contribution in [0.1, 0.15) is 19.4 Å². The summed E-state index contributed by atoms with van der Waals surface area (Å²) in [7, 11) is 1.54. The molecule has 0 unspecified atom stereocenters. The minimum Gasteiger partial charge on any atom is -0.493 e. The Hall–Kier alpha value is -1.00. The lowest BCUT2D eigenvalue weighted by molar-refractivity contribution is 0.257. The molecule has 0 atom stereocenters. The van der Waals surface area contributed by atoms with Crippen LogP contribution in [0.15, 0.2) is 12.1 Å². The lowest BCUT2D eigenvalue weighted by atomic mass is 10.1. The van der Waals surface area contributed by atoms with Gasteiger partial charge in [0.25, 0.3) is 0 Å². The van der Waals surface area contributed by atoms with Gasteiger partial charge >= 0.3 is 0 Å². The summed E-state index contributed by atoms with van der Waals surface area (Å²) in [5, 5.41) is 3.84. The zero-order valence-electron chi connectivity index (χ0n) is 10.9. The second-order valence-electron chi connectivity index (χ2n) is 4.17. The zero-order valence-corrected chi connectivity index (χ0v) is 11.7. The first kappa shape index (κ1) is 15.1. The number of nitrogens with one attached hydrogen (secondary N) is 1. The van der Waals surface area contributed by atoms with Crippen molar-refractivity contribution >= 4 is 11.6 Å². The molecule has 0 saturated heterocycles. The van der Waals surface area contributed by atoms with E-state index in [2.05, 4.69) is 5.32 Å². The smallest absolute Gasteiger partial charge is 0.165 e. The standard InChI is InChI=1S/C13H19ClFNO2/c1-9(2)16-8-10-6-11(14)7-12(17-3)13(10)18-5-4-15/h6-7,9,16H,4-5,8H2,1-3H3. The van der Waals surface area contributed by atoms with Crippen molar-refractivity contribution in [3.63, 3.8) is 0 Å². The molecule has 1 rings (SSSR count). The van der Waals surface area contributed by atoms with Gasteiger partial charge in [0.15, 0.2) is 11.5 Å². The highest BCUT2D eigenvalue weighted by Crippen LogP contribution is 2.34. The van der Waals surface area contributed by atoms with Gasteiger partial charge in [-0.15, -0.1) is 0 Å². The number of alkyl halides is 1. The highest BCUT2D eigenvalue weighted by atomic mass is 35.5. The summed E-state index contributed by atoms with van der Waals surface area (Å²) in [6, 6.07) is 3.80. The van der Waals surface area contributed by atoms with E-state index >= 15 is 0 Å². The summed E-state index contributed by atoms with van der Waals surface area (Å²) in [6.45, 7) is 4.15. The van der Waals surface area contributed by atoms with Gasteiger partial charge in [0.2, 0.25) is 0 Å². The highest BCUT2D eigenvalue weighted by Gasteiger charge is 2.13. The molecule has 0 fully saturated rings. The molecule has 0 spiro atoms. The molecule has 1 aromatic carbocycles. The molecule has 0 aliphatic rings. The Kier molecular flexibility index (Phi) is 6.22. The zero-order chi connectivity index (χ0) is 13.5. The Morgan fingerprint density at radius 2 is 2.11 bits per heavy atom. The number of hydrogen-bond donors (Lipinski definition) is 1. The molecule has 18 heavy (non-hydrogen) atoms. The average molecular weight is 276 g/mol. The van der Waals surface area contributed by atoms with Crippen molar-refractivity contribution < 1.29 is 13.9 Å². The predicted octanol–water partition coefficient (Wildman–Crippen LogP) is 3.19. The molecule has 0 heterocycles. The average Bonchev–Trinajstić information content (AvgIpc) is 2.34. The number of hydrogen-bond acceptors (Lipinski definition) is 3. The van der Waals surface area contributed by atoms with Gasteiger partial charge in [-0.2, -0.15) is 0 Å². The van der Waals surface area contributed by atoms with E-state index in [1.807, 2.05) is 13.8 Å². The Morgan fingerprint density at radius 1 is 1.39 bits per heavy atom. The maximum atomic E-state index is 12.2. The SMILES string of the molecule is COc1cc(Cl)cc(CNC(C)C)c1OCCF. The minimum atomic E-state index is -0.539. The van der Waals surface area contributed by atoms with E-state index in [4.69, 9.17) is 21.1 Å². The molecule has 0 aromatic heterocycles. The lowest BCUT2D eigenvalue weighted by Gasteiger charge is -2.16. The van der Waals surface area contributed by atoms with Crippen LogP contribution in [-0.2, 0) is 6.54 Å². The fraction of sp³-hybridized carbons (Fsp3) is 0.538. The minimum absolute atomic E-state index is 0.00662. The summed E-state index contributed by atoms with van der Waals surface area (Å²) in [5.41, 5.74) is 0.863. The summed E-state index contributed by atoms with van der Waals surface area (Å²) < 4.78 is 22.8. The van der Waals surface area contributed by atoms with Crippen molar-refractivity contribution in [1.29, 1.82) is 0 Å². The molecule has 3 nitrogen and oxygen atoms in total. The quantitative estimate of drug-likeness (QED) is 0.829. The third kappa shape index (κ3) is 4.35. The summed E-state index contributed by atoms with van der Waals surface area (Å²) >= 11 is 6.01. The van der Waals surface area contributed by atoms with Gasteiger partial charge in [0.05, 0.1) is 7.11 Å². The summed E-state index contributed by atoms with van der Waals surface area (Å²) in [6.07, 6.45) is 0. The molecule has 0 bridgehead atoms. The van der Waals surface area contributed by atoms with E-state index < -0.39 is 6.67 Å². The third-order valence-corrected chi connectivity index (χ3v) is 2.56. The molecular weight excluding hydrogens is 257 g/mol. The second-order valence-corrected chi connectivity index (χ2v) is 4.61. The van der Waals surface area contributed by atoms with E-state index in [1.165, 1.54) is 7.11 Å². The number of rotatable bonds is 7. The van der Waals surface area contributed by atoms with Crippen molar-refractivity contribution in [3.05, 3.63) is 22.7 Å². The first-order chi connectivity index (χ1) is 8.58. The van der Waals surface area contributed by atoms with Crippen molar-refractivity contribution in [3.8, 4) is 11.5 Å². The molecule has 0 saturated carbocycles. The number of ether oxygens (including phenoxy) is 2. The first-order valence-electron chi connectivity index (χ1n) is 5.87. The van der Waals surface area contributed by atoms with Crippen LogP contribution in [0.2, 0.25) is 5.02 Å². The van der Waals surface area contributed by atoms with Crippen molar-refractivity contribution in [1.82, 2.24) is 5.32 Å². The van der Waals surface area contributed by atoms with Crippen molar-refractivity contribution in [2.45, 2.75) is 26.4 Å². The van der Waals surface area contributed by atoms with Gasteiger partial charge in [-0.3, -0.25) is 0 Å². The third-order valence-electron chi connectivity index (χ3n) is 2.34. The number of benzene rings is 1. The van der Waals surface area contributed by atoms with Crippen LogP contribution in [0.5, 0.6) is 11.5 Å². The molecule has 5 heteroatoms. The van der Waals surface area contributed by atoms with Gasteiger partial charge in [-0.1, -0.05) is 25.4 Å². The van der Waals surface area contributed by atoms with E-state index in [0.717, 1.165) is 5.56 Å². The number of methoxy groups -OCH3 is 1. The van der Waals surface area contributed by atoms with Crippen molar-refractivity contribution in [2.75, 3.05) is 20.4 Å². The van der Waals surface area contributed by atoms with Crippen molar-refractivity contribution in [2.24, 2.45) is 0 Å². The maximum absolute atomic E-state index is 12.2. The second kappa shape index (κ2) is 7.44. The monoisotopic (exact) mass is 275 g/mol. The van der Waals surface area contributed by atoms with Gasteiger partial charge in [0.1, 0.15) is 13.3 Å². The van der Waals surface area contributed by atoms with Gasteiger partial charge < -0.3 is 14.8 Å². The number of halogens is 2. The van der Waals surface area contributed by atoms with Crippen LogP contribution >= 0.6 is 11.6 Å².